The number of benzene rings is 2. The van der Waals surface area contributed by atoms with Gasteiger partial charge in [-0.05, 0) is 13.8 Å². The zero-order valence-electron chi connectivity index (χ0n) is 10.9. The van der Waals surface area contributed by atoms with Crippen LogP contribution in [0.3, 0.4) is 0 Å². The van der Waals surface area contributed by atoms with Gasteiger partial charge in [-0.25, -0.2) is 0 Å². The minimum Gasteiger partial charge on any atom is -0.264 e. The summed E-state index contributed by atoms with van der Waals surface area (Å²) in [6.07, 6.45) is 0. The Hall–Kier alpha value is -1.69. The maximum atomic E-state index is 8.74. The van der Waals surface area contributed by atoms with Crippen LogP contribution in [0.2, 0.25) is 0 Å². The largest absolute Gasteiger partial charge is 0.394 e. The van der Waals surface area contributed by atoms with Crippen molar-refractivity contribution in [1.29, 1.82) is 0 Å². The van der Waals surface area contributed by atoms with E-state index in [0.717, 1.165) is 0 Å². The second-order valence-electron chi connectivity index (χ2n) is 3.76. The Morgan fingerprint density at radius 1 is 0.684 bits per heavy atom. The Balaban J connectivity index is 0.000000261. The molecule has 0 radical (unpaired) electrons. The summed E-state index contributed by atoms with van der Waals surface area (Å²) in [7, 11) is -4.67. The molecule has 2 aromatic carbocycles. The van der Waals surface area contributed by atoms with E-state index in [4.69, 9.17) is 17.5 Å². The Labute approximate surface area is 114 Å². The molecule has 0 aliphatic carbocycles. The molecule has 2 rings (SSSR count). The molecule has 0 aromatic heterocycles. The number of hydrogen-bond acceptors (Lipinski definition) is 2. The highest BCUT2D eigenvalue weighted by atomic mass is 32.3. The molecule has 19 heavy (non-hydrogen) atoms. The van der Waals surface area contributed by atoms with E-state index in [0.29, 0.717) is 0 Å². The normalized spacial score (nSPS) is 9.47. The molecule has 0 fully saturated rings. The van der Waals surface area contributed by atoms with E-state index in [1.807, 2.05) is 36.4 Å². The van der Waals surface area contributed by atoms with Gasteiger partial charge in [-0.1, -0.05) is 71.8 Å². The van der Waals surface area contributed by atoms with Gasteiger partial charge in [0.25, 0.3) is 0 Å². The number of hydrogen-bond donors (Lipinski definition) is 2. The Bertz CT molecular complexity index is 491. The molecular weight excluding hydrogens is 264 g/mol. The van der Waals surface area contributed by atoms with Crippen molar-refractivity contribution in [3.8, 4) is 0 Å². The molecule has 0 atom stereocenters. The first-order chi connectivity index (χ1) is 8.79. The summed E-state index contributed by atoms with van der Waals surface area (Å²) < 4.78 is 31.6. The fraction of sp³-hybridized carbons (Fsp3) is 0.143. The molecule has 4 nitrogen and oxygen atoms in total. The van der Waals surface area contributed by atoms with E-state index in [2.05, 4.69) is 38.1 Å². The molecule has 0 bridgehead atoms. The molecule has 0 saturated carbocycles. The zero-order valence-corrected chi connectivity index (χ0v) is 11.7. The quantitative estimate of drug-likeness (QED) is 0.727. The maximum absolute atomic E-state index is 8.74. The average Bonchev–Trinajstić information content (AvgIpc) is 2.29. The Morgan fingerprint density at radius 3 is 1.00 bits per heavy atom. The van der Waals surface area contributed by atoms with E-state index in [9.17, 15) is 0 Å². The molecule has 0 amide bonds. The highest BCUT2D eigenvalue weighted by Crippen LogP contribution is 1.92. The summed E-state index contributed by atoms with van der Waals surface area (Å²) in [5.74, 6) is 0. The fourth-order valence-corrected chi connectivity index (χ4v) is 1.07. The molecule has 2 aromatic rings. The lowest BCUT2D eigenvalue weighted by Crippen LogP contribution is -1.89. The summed E-state index contributed by atoms with van der Waals surface area (Å²) in [4.78, 5) is 0. The molecule has 0 aliphatic heterocycles. The predicted molar refractivity (Wildman–Crippen MR) is 76.5 cm³/mol. The van der Waals surface area contributed by atoms with Crippen molar-refractivity contribution in [2.75, 3.05) is 0 Å². The van der Waals surface area contributed by atoms with E-state index in [1.165, 1.54) is 11.1 Å². The third-order valence-corrected chi connectivity index (χ3v) is 1.88. The topological polar surface area (TPSA) is 74.6 Å². The van der Waals surface area contributed by atoms with Gasteiger partial charge >= 0.3 is 10.4 Å². The standard InChI is InChI=1S/2C7H8.H2O4S/c2*1-7-5-3-2-4-6-7;1-5(2,3)4/h2*2-6H,1H3;(H2,1,2,3,4). The van der Waals surface area contributed by atoms with Crippen LogP contribution < -0.4 is 0 Å². The molecule has 0 spiro atoms. The minimum atomic E-state index is -4.67. The first-order valence-corrected chi connectivity index (χ1v) is 6.92. The monoisotopic (exact) mass is 282 g/mol. The van der Waals surface area contributed by atoms with Crippen LogP contribution >= 0.6 is 0 Å². The van der Waals surface area contributed by atoms with Crippen molar-refractivity contribution in [3.05, 3.63) is 71.8 Å². The molecule has 0 unspecified atom stereocenters. The molecule has 0 aliphatic rings. The van der Waals surface area contributed by atoms with E-state index < -0.39 is 10.4 Å². The van der Waals surface area contributed by atoms with Crippen LogP contribution in [0.1, 0.15) is 11.1 Å². The average molecular weight is 282 g/mol. The van der Waals surface area contributed by atoms with Gasteiger partial charge in [0.05, 0.1) is 0 Å². The van der Waals surface area contributed by atoms with Gasteiger partial charge in [-0.15, -0.1) is 0 Å². The van der Waals surface area contributed by atoms with E-state index in [1.54, 1.807) is 0 Å². The number of aryl methyl sites for hydroxylation is 2. The van der Waals surface area contributed by atoms with Crippen LogP contribution in [0, 0.1) is 13.8 Å². The van der Waals surface area contributed by atoms with Crippen molar-refractivity contribution in [2.45, 2.75) is 13.8 Å². The highest BCUT2D eigenvalue weighted by molar-refractivity contribution is 7.79. The van der Waals surface area contributed by atoms with Crippen LogP contribution in [0.4, 0.5) is 0 Å². The van der Waals surface area contributed by atoms with E-state index >= 15 is 0 Å². The van der Waals surface area contributed by atoms with Crippen molar-refractivity contribution in [1.82, 2.24) is 0 Å². The fourth-order valence-electron chi connectivity index (χ4n) is 1.07. The lowest BCUT2D eigenvalue weighted by Gasteiger charge is -1.82. The van der Waals surface area contributed by atoms with Gasteiger partial charge in [0, 0.05) is 0 Å². The van der Waals surface area contributed by atoms with Crippen molar-refractivity contribution in [3.63, 3.8) is 0 Å². The second-order valence-corrected chi connectivity index (χ2v) is 4.65. The molecule has 5 heteroatoms. The minimum absolute atomic E-state index is 1.32. The van der Waals surface area contributed by atoms with Gasteiger partial charge in [-0.3, -0.25) is 9.11 Å². The highest BCUT2D eigenvalue weighted by Gasteiger charge is 1.84. The van der Waals surface area contributed by atoms with Crippen molar-refractivity contribution < 1.29 is 17.5 Å². The van der Waals surface area contributed by atoms with Crippen molar-refractivity contribution in [2.24, 2.45) is 0 Å². The maximum Gasteiger partial charge on any atom is 0.394 e. The molecule has 0 saturated heterocycles. The van der Waals surface area contributed by atoms with Gasteiger partial charge in [0.15, 0.2) is 0 Å². The first kappa shape index (κ1) is 17.3. The van der Waals surface area contributed by atoms with Crippen LogP contribution in [-0.4, -0.2) is 17.5 Å². The third-order valence-electron chi connectivity index (χ3n) is 1.88. The number of rotatable bonds is 0. The van der Waals surface area contributed by atoms with Crippen LogP contribution in [0.15, 0.2) is 60.7 Å². The first-order valence-electron chi connectivity index (χ1n) is 5.52. The van der Waals surface area contributed by atoms with Crippen molar-refractivity contribution >= 4 is 10.4 Å². The molecular formula is C14H18O4S. The van der Waals surface area contributed by atoms with Crippen LogP contribution in [0.25, 0.3) is 0 Å². The van der Waals surface area contributed by atoms with E-state index in [-0.39, 0.29) is 0 Å². The van der Waals surface area contributed by atoms with Gasteiger partial charge in [-0.2, -0.15) is 8.42 Å². The molecule has 104 valence electrons. The van der Waals surface area contributed by atoms with Crippen LogP contribution in [-0.2, 0) is 10.4 Å². The van der Waals surface area contributed by atoms with Crippen LogP contribution in [0.5, 0.6) is 0 Å². The Morgan fingerprint density at radius 2 is 0.895 bits per heavy atom. The lowest BCUT2D eigenvalue weighted by molar-refractivity contribution is 0.381. The third kappa shape index (κ3) is 16.3. The summed E-state index contributed by atoms with van der Waals surface area (Å²) in [5.41, 5.74) is 2.64. The summed E-state index contributed by atoms with van der Waals surface area (Å²) >= 11 is 0. The zero-order chi connectivity index (χ0) is 14.7. The summed E-state index contributed by atoms with van der Waals surface area (Å²) in [5, 5.41) is 0. The SMILES string of the molecule is Cc1ccccc1.Cc1ccccc1.O=S(=O)(O)O. The summed E-state index contributed by atoms with van der Waals surface area (Å²) in [6, 6.07) is 20.5. The lowest BCUT2D eigenvalue weighted by atomic mass is 10.2. The van der Waals surface area contributed by atoms with Gasteiger partial charge in [0.2, 0.25) is 0 Å². The molecule has 2 N–H and O–H groups in total. The Kier molecular flexibility index (Phi) is 8.44. The predicted octanol–water partition coefficient (Wildman–Crippen LogP) is 3.34. The van der Waals surface area contributed by atoms with Gasteiger partial charge in [0.1, 0.15) is 0 Å². The van der Waals surface area contributed by atoms with Gasteiger partial charge < -0.3 is 0 Å². The molecule has 0 heterocycles. The second kappa shape index (κ2) is 9.27. The smallest absolute Gasteiger partial charge is 0.264 e. The summed E-state index contributed by atoms with van der Waals surface area (Å²) in [6.45, 7) is 4.17.